The van der Waals surface area contributed by atoms with E-state index in [-0.39, 0.29) is 6.04 Å². The summed E-state index contributed by atoms with van der Waals surface area (Å²) in [4.78, 5) is 26.9. The van der Waals surface area contributed by atoms with Crippen molar-refractivity contribution >= 4 is 28.8 Å². The van der Waals surface area contributed by atoms with Crippen LogP contribution < -0.4 is 20.1 Å². The predicted octanol–water partition coefficient (Wildman–Crippen LogP) is 1.89. The van der Waals surface area contributed by atoms with Gasteiger partial charge in [0.25, 0.3) is 0 Å². The molecule has 1 aliphatic rings. The number of thiophene rings is 1. The molecule has 2 amide bonds. The van der Waals surface area contributed by atoms with Crippen LogP contribution in [0.1, 0.15) is 11.6 Å². The molecule has 8 nitrogen and oxygen atoms in total. The fraction of sp³-hybridized carbons (Fsp3) is 0.400. The summed E-state index contributed by atoms with van der Waals surface area (Å²) < 4.78 is 15.8. The Kier molecular flexibility index (Phi) is 7.45. The molecular formula is C20H25N3O5S. The molecule has 0 bridgehead atoms. The number of methoxy groups -OCH3 is 2. The largest absolute Gasteiger partial charge is 0.493 e. The van der Waals surface area contributed by atoms with Crippen LogP contribution in [0.5, 0.6) is 11.5 Å². The molecule has 1 aromatic carbocycles. The van der Waals surface area contributed by atoms with Gasteiger partial charge in [-0.25, -0.2) is 0 Å². The molecule has 0 aliphatic carbocycles. The van der Waals surface area contributed by atoms with E-state index in [1.165, 1.54) is 14.2 Å². The predicted molar refractivity (Wildman–Crippen MR) is 111 cm³/mol. The number of benzene rings is 1. The van der Waals surface area contributed by atoms with Crippen LogP contribution in [-0.4, -0.2) is 63.8 Å². The van der Waals surface area contributed by atoms with Crippen LogP contribution in [0.3, 0.4) is 0 Å². The van der Waals surface area contributed by atoms with Crippen LogP contribution in [0.15, 0.2) is 35.0 Å². The molecular weight excluding hydrogens is 394 g/mol. The molecule has 2 aromatic rings. The summed E-state index contributed by atoms with van der Waals surface area (Å²) in [7, 11) is 3.04. The van der Waals surface area contributed by atoms with Crippen molar-refractivity contribution in [1.29, 1.82) is 0 Å². The summed E-state index contributed by atoms with van der Waals surface area (Å²) in [6, 6.07) is 6.96. The molecule has 2 N–H and O–H groups in total. The molecule has 1 fully saturated rings. The first kappa shape index (κ1) is 21.1. The smallest absolute Gasteiger partial charge is 0.313 e. The van der Waals surface area contributed by atoms with E-state index in [0.717, 1.165) is 18.7 Å². The molecule has 0 unspecified atom stereocenters. The maximum atomic E-state index is 12.4. The van der Waals surface area contributed by atoms with Crippen molar-refractivity contribution in [3.8, 4) is 11.5 Å². The Hall–Kier alpha value is -2.62. The minimum atomic E-state index is -0.733. The minimum Gasteiger partial charge on any atom is -0.493 e. The highest BCUT2D eigenvalue weighted by molar-refractivity contribution is 7.08. The van der Waals surface area contributed by atoms with Gasteiger partial charge in [0.2, 0.25) is 0 Å². The fourth-order valence-corrected chi connectivity index (χ4v) is 3.89. The van der Waals surface area contributed by atoms with E-state index in [1.807, 2.05) is 11.4 Å². The summed E-state index contributed by atoms with van der Waals surface area (Å²) in [5.74, 6) is -0.411. The van der Waals surface area contributed by atoms with Gasteiger partial charge in [-0.3, -0.25) is 14.5 Å². The molecule has 0 saturated carbocycles. The first-order valence-electron chi connectivity index (χ1n) is 9.27. The zero-order valence-electron chi connectivity index (χ0n) is 16.5. The second-order valence-electron chi connectivity index (χ2n) is 6.45. The van der Waals surface area contributed by atoms with E-state index in [4.69, 9.17) is 14.2 Å². The Balaban J connectivity index is 1.60. The second-order valence-corrected chi connectivity index (χ2v) is 7.23. The van der Waals surface area contributed by atoms with Crippen LogP contribution in [0.4, 0.5) is 5.69 Å². The molecule has 1 atom stereocenters. The number of carbonyl (C=O) groups excluding carboxylic acids is 2. The summed E-state index contributed by atoms with van der Waals surface area (Å²) in [6.07, 6.45) is 0. The molecule has 0 spiro atoms. The van der Waals surface area contributed by atoms with Crippen LogP contribution in [-0.2, 0) is 14.3 Å². The Morgan fingerprint density at radius 2 is 1.90 bits per heavy atom. The Bertz CT molecular complexity index is 822. The quantitative estimate of drug-likeness (QED) is 0.667. The van der Waals surface area contributed by atoms with Gasteiger partial charge in [-0.05, 0) is 34.5 Å². The van der Waals surface area contributed by atoms with Gasteiger partial charge < -0.3 is 24.8 Å². The molecule has 3 rings (SSSR count). The highest BCUT2D eigenvalue weighted by Crippen LogP contribution is 2.29. The number of hydrogen-bond donors (Lipinski definition) is 2. The van der Waals surface area contributed by atoms with Crippen LogP contribution in [0.25, 0.3) is 0 Å². The zero-order valence-corrected chi connectivity index (χ0v) is 17.3. The maximum absolute atomic E-state index is 12.4. The van der Waals surface area contributed by atoms with Crippen molar-refractivity contribution in [1.82, 2.24) is 10.2 Å². The molecule has 2 heterocycles. The monoisotopic (exact) mass is 419 g/mol. The number of hydrogen-bond acceptors (Lipinski definition) is 7. The van der Waals surface area contributed by atoms with Crippen molar-refractivity contribution in [2.45, 2.75) is 6.04 Å². The highest BCUT2D eigenvalue weighted by atomic mass is 32.1. The third kappa shape index (κ3) is 5.47. The fourth-order valence-electron chi connectivity index (χ4n) is 3.18. The lowest BCUT2D eigenvalue weighted by Crippen LogP contribution is -2.45. The van der Waals surface area contributed by atoms with Crippen molar-refractivity contribution in [3.05, 3.63) is 40.6 Å². The van der Waals surface area contributed by atoms with Gasteiger partial charge in [0.1, 0.15) is 0 Å². The van der Waals surface area contributed by atoms with Crippen molar-refractivity contribution in [3.63, 3.8) is 0 Å². The number of morpholine rings is 1. The highest BCUT2D eigenvalue weighted by Gasteiger charge is 2.25. The standard InChI is InChI=1S/C20H25N3O5S/c1-26-17-4-3-15(11-18(17)27-2)22-20(25)19(24)21-12-16(14-5-10-29-13-14)23-6-8-28-9-7-23/h3-5,10-11,13,16H,6-9,12H2,1-2H3,(H,21,24)(H,22,25)/t16-/m0/s1. The van der Waals surface area contributed by atoms with Gasteiger partial charge in [0, 0.05) is 31.4 Å². The SMILES string of the molecule is COc1ccc(NC(=O)C(=O)NC[C@@H](c2ccsc2)N2CCOCC2)cc1OC. The van der Waals surface area contributed by atoms with Crippen molar-refractivity contribution in [2.75, 3.05) is 52.4 Å². The summed E-state index contributed by atoms with van der Waals surface area (Å²) >= 11 is 1.61. The minimum absolute atomic E-state index is 0.00276. The number of ether oxygens (including phenoxy) is 3. The van der Waals surface area contributed by atoms with E-state index in [1.54, 1.807) is 29.5 Å². The van der Waals surface area contributed by atoms with Crippen molar-refractivity contribution in [2.24, 2.45) is 0 Å². The lowest BCUT2D eigenvalue weighted by molar-refractivity contribution is -0.136. The summed E-state index contributed by atoms with van der Waals surface area (Å²) in [5, 5.41) is 9.42. The lowest BCUT2D eigenvalue weighted by atomic mass is 10.1. The Morgan fingerprint density at radius 3 is 2.55 bits per heavy atom. The lowest BCUT2D eigenvalue weighted by Gasteiger charge is -2.34. The van der Waals surface area contributed by atoms with Crippen LogP contribution in [0, 0.1) is 0 Å². The van der Waals surface area contributed by atoms with Gasteiger partial charge in [-0.1, -0.05) is 0 Å². The molecule has 1 aromatic heterocycles. The zero-order chi connectivity index (χ0) is 20.6. The van der Waals surface area contributed by atoms with Crippen molar-refractivity contribution < 1.29 is 23.8 Å². The first-order valence-corrected chi connectivity index (χ1v) is 10.2. The Morgan fingerprint density at radius 1 is 1.14 bits per heavy atom. The number of nitrogens with one attached hydrogen (secondary N) is 2. The number of rotatable bonds is 7. The van der Waals surface area contributed by atoms with Crippen LogP contribution in [0.2, 0.25) is 0 Å². The Labute approximate surface area is 173 Å². The van der Waals surface area contributed by atoms with Gasteiger partial charge in [0.15, 0.2) is 11.5 Å². The van der Waals surface area contributed by atoms with Gasteiger partial charge in [-0.15, -0.1) is 0 Å². The molecule has 9 heteroatoms. The van der Waals surface area contributed by atoms with E-state index >= 15 is 0 Å². The number of amides is 2. The first-order chi connectivity index (χ1) is 14.1. The third-order valence-corrected chi connectivity index (χ3v) is 5.42. The van der Waals surface area contributed by atoms with E-state index in [2.05, 4.69) is 20.9 Å². The summed E-state index contributed by atoms with van der Waals surface area (Å²) in [5.41, 5.74) is 1.57. The van der Waals surface area contributed by atoms with E-state index < -0.39 is 11.8 Å². The topological polar surface area (TPSA) is 89.1 Å². The molecule has 1 aliphatic heterocycles. The van der Waals surface area contributed by atoms with Gasteiger partial charge in [0.05, 0.1) is 33.5 Å². The normalized spacial score (nSPS) is 15.4. The molecule has 156 valence electrons. The van der Waals surface area contributed by atoms with E-state index in [0.29, 0.717) is 36.9 Å². The number of carbonyl (C=O) groups is 2. The van der Waals surface area contributed by atoms with E-state index in [9.17, 15) is 9.59 Å². The third-order valence-electron chi connectivity index (χ3n) is 4.72. The van der Waals surface area contributed by atoms with Gasteiger partial charge >= 0.3 is 11.8 Å². The average molecular weight is 420 g/mol. The molecule has 29 heavy (non-hydrogen) atoms. The van der Waals surface area contributed by atoms with Crippen LogP contribution >= 0.6 is 11.3 Å². The van der Waals surface area contributed by atoms with Gasteiger partial charge in [-0.2, -0.15) is 11.3 Å². The average Bonchev–Trinajstić information content (AvgIpc) is 3.29. The second kappa shape index (κ2) is 10.2. The number of nitrogens with zero attached hydrogens (tertiary/aromatic N) is 1. The summed E-state index contributed by atoms with van der Waals surface area (Å²) in [6.45, 7) is 3.24. The maximum Gasteiger partial charge on any atom is 0.313 e. The molecule has 1 saturated heterocycles. The number of anilines is 1. The molecule has 0 radical (unpaired) electrons.